The fourth-order valence-corrected chi connectivity index (χ4v) is 7.27. The van der Waals surface area contributed by atoms with Crippen molar-refractivity contribution in [3.63, 3.8) is 0 Å². The highest BCUT2D eigenvalue weighted by Crippen LogP contribution is 2.51. The van der Waals surface area contributed by atoms with Crippen LogP contribution in [0.25, 0.3) is 11.3 Å². The maximum absolute atomic E-state index is 6.80. The Bertz CT molecular complexity index is 1720. The number of hydrogen-bond acceptors (Lipinski definition) is 11. The van der Waals surface area contributed by atoms with Gasteiger partial charge in [-0.15, -0.1) is 0 Å². The summed E-state index contributed by atoms with van der Waals surface area (Å²) in [6.07, 6.45) is 5.81. The normalized spacial score (nSPS) is 17.0. The molecule has 0 aliphatic carbocycles. The van der Waals surface area contributed by atoms with Crippen LogP contribution in [-0.4, -0.2) is 79.5 Å². The van der Waals surface area contributed by atoms with Crippen LogP contribution in [0.15, 0.2) is 48.8 Å². The smallest absolute Gasteiger partial charge is 0.227 e. The van der Waals surface area contributed by atoms with E-state index in [4.69, 9.17) is 53.1 Å². The van der Waals surface area contributed by atoms with Crippen molar-refractivity contribution in [2.24, 2.45) is 0 Å². The zero-order valence-corrected chi connectivity index (χ0v) is 27.3. The molecule has 46 heavy (non-hydrogen) atoms. The number of rotatable bonds is 7. The number of anilines is 6. The number of piperidine rings is 1. The molecule has 5 heterocycles. The molecular weight excluding hydrogens is 627 g/mol. The Kier molecular flexibility index (Phi) is 8.65. The molecule has 2 fully saturated rings. The first-order valence-electron chi connectivity index (χ1n) is 15.4. The summed E-state index contributed by atoms with van der Waals surface area (Å²) in [4.78, 5) is 21.2. The molecule has 2 aromatic heterocycles. The number of halogens is 2. The van der Waals surface area contributed by atoms with Crippen LogP contribution in [0.4, 0.5) is 34.5 Å². The van der Waals surface area contributed by atoms with Gasteiger partial charge in [0, 0.05) is 67.5 Å². The first-order chi connectivity index (χ1) is 22.4. The number of nitrogens with one attached hydrogen (secondary N) is 1. The third-order valence-electron chi connectivity index (χ3n) is 8.98. The van der Waals surface area contributed by atoms with Gasteiger partial charge < -0.3 is 35.1 Å². The number of benzene rings is 2. The highest BCUT2D eigenvalue weighted by atomic mass is 35.5. The number of aromatic nitrogens is 3. The molecule has 4 aromatic rings. The third kappa shape index (κ3) is 5.72. The second-order valence-corrected chi connectivity index (χ2v) is 12.3. The zero-order chi connectivity index (χ0) is 31.8. The van der Waals surface area contributed by atoms with Gasteiger partial charge in [0.05, 0.1) is 56.7 Å². The number of pyridine rings is 1. The van der Waals surface area contributed by atoms with E-state index in [1.165, 1.54) is 0 Å². The summed E-state index contributed by atoms with van der Waals surface area (Å²) in [6, 6.07) is 12.3. The largest absolute Gasteiger partial charge is 0.495 e. The van der Waals surface area contributed by atoms with Gasteiger partial charge in [-0.2, -0.15) is 0 Å². The van der Waals surface area contributed by atoms with Gasteiger partial charge in [0.2, 0.25) is 5.95 Å². The molecule has 0 spiro atoms. The number of nitrogens with zero attached hydrogens (tertiary/aromatic N) is 6. The van der Waals surface area contributed by atoms with Gasteiger partial charge in [-0.05, 0) is 43.2 Å². The minimum Gasteiger partial charge on any atom is -0.495 e. The fraction of sp³-hybridized carbons (Fsp3) is 0.364. The standard InChI is InChI=1S/C33H36Cl2N8O3/c1-44-26-17-27(45-2)29(35)31(28(26)34)43-19-20-18-38-33(40-30(20)23-4-3-9-37-32(23)43)39-25-6-5-22(16-24(25)36)41-10-7-21(8-11-41)42-12-14-46-15-13-42/h3-6,9,16-18,21H,7-8,10-15,19,36H2,1-2H3,(H,38,39,40). The predicted octanol–water partition coefficient (Wildman–Crippen LogP) is 6.14. The van der Waals surface area contributed by atoms with Crippen molar-refractivity contribution in [3.8, 4) is 22.8 Å². The molecule has 11 nitrogen and oxygen atoms in total. The first-order valence-corrected chi connectivity index (χ1v) is 16.1. The van der Waals surface area contributed by atoms with Crippen LogP contribution in [0.5, 0.6) is 11.5 Å². The Labute approximate surface area is 278 Å². The molecule has 0 saturated carbocycles. The minimum atomic E-state index is 0.355. The van der Waals surface area contributed by atoms with E-state index in [0.29, 0.717) is 57.3 Å². The molecule has 2 aromatic carbocycles. The SMILES string of the molecule is COc1cc(OC)c(Cl)c(N2Cc3cnc(Nc4ccc(N5CCC(N6CCOCC6)CC5)cc4N)nc3-c3cccnc32)c1Cl. The number of hydrogen-bond donors (Lipinski definition) is 2. The van der Waals surface area contributed by atoms with E-state index in [2.05, 4.69) is 26.2 Å². The van der Waals surface area contributed by atoms with Gasteiger partial charge in [-0.1, -0.05) is 23.2 Å². The molecule has 240 valence electrons. The van der Waals surface area contributed by atoms with E-state index in [9.17, 15) is 0 Å². The number of nitrogens with two attached hydrogens (primary N) is 1. The minimum absolute atomic E-state index is 0.355. The van der Waals surface area contributed by atoms with Crippen molar-refractivity contribution in [2.45, 2.75) is 25.4 Å². The topological polar surface area (TPSA) is 114 Å². The van der Waals surface area contributed by atoms with E-state index in [0.717, 1.165) is 80.4 Å². The molecule has 0 amide bonds. The maximum Gasteiger partial charge on any atom is 0.227 e. The van der Waals surface area contributed by atoms with Gasteiger partial charge in [-0.25, -0.2) is 15.0 Å². The van der Waals surface area contributed by atoms with Crippen molar-refractivity contribution < 1.29 is 14.2 Å². The number of morpholine rings is 1. The summed E-state index contributed by atoms with van der Waals surface area (Å²) in [5.41, 5.74) is 12.1. The summed E-state index contributed by atoms with van der Waals surface area (Å²) >= 11 is 13.6. The zero-order valence-electron chi connectivity index (χ0n) is 25.8. The van der Waals surface area contributed by atoms with E-state index in [1.807, 2.05) is 29.2 Å². The van der Waals surface area contributed by atoms with Gasteiger partial charge >= 0.3 is 0 Å². The number of methoxy groups -OCH3 is 2. The van der Waals surface area contributed by atoms with Crippen molar-refractivity contribution >= 4 is 57.7 Å². The summed E-state index contributed by atoms with van der Waals surface area (Å²) in [5.74, 6) is 1.98. The molecule has 3 aliphatic rings. The van der Waals surface area contributed by atoms with Crippen molar-refractivity contribution in [3.05, 3.63) is 64.4 Å². The highest BCUT2D eigenvalue weighted by molar-refractivity contribution is 6.41. The Hall–Kier alpha value is -4.03. The van der Waals surface area contributed by atoms with Crippen LogP contribution >= 0.6 is 23.2 Å². The van der Waals surface area contributed by atoms with Gasteiger partial charge in [0.25, 0.3) is 0 Å². The molecule has 0 atom stereocenters. The van der Waals surface area contributed by atoms with E-state index in [-0.39, 0.29) is 0 Å². The van der Waals surface area contributed by atoms with Crippen molar-refractivity contribution in [1.29, 1.82) is 0 Å². The third-order valence-corrected chi connectivity index (χ3v) is 9.71. The Morgan fingerprint density at radius 1 is 0.957 bits per heavy atom. The van der Waals surface area contributed by atoms with Crippen molar-refractivity contribution in [2.75, 3.05) is 74.5 Å². The summed E-state index contributed by atoms with van der Waals surface area (Å²) in [5, 5.41) is 4.04. The lowest BCUT2D eigenvalue weighted by Crippen LogP contribution is -2.49. The van der Waals surface area contributed by atoms with Gasteiger partial charge in [0.1, 0.15) is 27.4 Å². The lowest BCUT2D eigenvalue weighted by molar-refractivity contribution is 0.0115. The molecular formula is C33H36Cl2N8O3. The number of ether oxygens (including phenoxy) is 3. The Morgan fingerprint density at radius 2 is 1.70 bits per heavy atom. The van der Waals surface area contributed by atoms with E-state index >= 15 is 0 Å². The molecule has 0 radical (unpaired) electrons. The summed E-state index contributed by atoms with van der Waals surface area (Å²) in [6.45, 7) is 6.13. The van der Waals surface area contributed by atoms with Crippen molar-refractivity contribution in [1.82, 2.24) is 19.9 Å². The molecule has 7 rings (SSSR count). The lowest BCUT2D eigenvalue weighted by Gasteiger charge is -2.40. The molecule has 0 unspecified atom stereocenters. The quantitative estimate of drug-likeness (QED) is 0.222. The second kappa shape index (κ2) is 13.0. The van der Waals surface area contributed by atoms with E-state index < -0.39 is 0 Å². The van der Waals surface area contributed by atoms with Gasteiger partial charge in [0.15, 0.2) is 0 Å². The molecule has 3 aliphatic heterocycles. The Morgan fingerprint density at radius 3 is 2.39 bits per heavy atom. The predicted molar refractivity (Wildman–Crippen MR) is 182 cm³/mol. The number of nitrogen functional groups attached to an aromatic ring is 1. The lowest BCUT2D eigenvalue weighted by atomic mass is 10.0. The van der Waals surface area contributed by atoms with Crippen LogP contribution in [0.1, 0.15) is 18.4 Å². The van der Waals surface area contributed by atoms with Crippen LogP contribution in [-0.2, 0) is 11.3 Å². The highest BCUT2D eigenvalue weighted by Gasteiger charge is 2.31. The molecule has 13 heteroatoms. The monoisotopic (exact) mass is 662 g/mol. The van der Waals surface area contributed by atoms with E-state index in [1.54, 1.807) is 32.7 Å². The number of fused-ring (bicyclic) bond motifs is 3. The molecule has 0 bridgehead atoms. The molecule has 3 N–H and O–H groups in total. The second-order valence-electron chi connectivity index (χ2n) is 11.5. The first kappa shape index (κ1) is 30.6. The van der Waals surface area contributed by atoms with Gasteiger partial charge in [-0.3, -0.25) is 4.90 Å². The van der Waals surface area contributed by atoms with Crippen LogP contribution in [0, 0.1) is 0 Å². The molecule has 2 saturated heterocycles. The summed E-state index contributed by atoms with van der Waals surface area (Å²) < 4.78 is 16.6. The summed E-state index contributed by atoms with van der Waals surface area (Å²) in [7, 11) is 3.10. The Balaban J connectivity index is 1.11. The maximum atomic E-state index is 6.80. The van der Waals surface area contributed by atoms with Crippen LogP contribution in [0.3, 0.4) is 0 Å². The fourth-order valence-electron chi connectivity index (χ4n) is 6.57. The average Bonchev–Trinajstić information content (AvgIpc) is 3.10. The van der Waals surface area contributed by atoms with Crippen LogP contribution in [0.2, 0.25) is 10.0 Å². The van der Waals surface area contributed by atoms with Crippen LogP contribution < -0.4 is 30.3 Å². The average molecular weight is 664 g/mol.